The number of allylic oxidation sites excluding steroid dienone is 1. The van der Waals surface area contributed by atoms with E-state index in [-0.39, 0.29) is 18.2 Å². The molecule has 0 saturated heterocycles. The molecule has 0 saturated carbocycles. The highest BCUT2D eigenvalue weighted by molar-refractivity contribution is 7.99. The Morgan fingerprint density at radius 3 is 2.69 bits per heavy atom. The first-order valence-corrected chi connectivity index (χ1v) is 10.8. The summed E-state index contributed by atoms with van der Waals surface area (Å²) in [6.45, 7) is 11.6. The number of carbonyl (C=O) groups is 1. The van der Waals surface area contributed by atoms with Gasteiger partial charge in [0.05, 0.1) is 17.8 Å². The fourth-order valence-electron chi connectivity index (χ4n) is 3.20. The normalized spacial score (nSPS) is 16.1. The number of anilines is 1. The lowest BCUT2D eigenvalue weighted by Crippen LogP contribution is -2.30. The predicted octanol–water partition coefficient (Wildman–Crippen LogP) is 4.42. The lowest BCUT2D eigenvalue weighted by atomic mass is 9.95. The number of rotatable bonds is 7. The largest absolute Gasteiger partial charge is 0.491 e. The van der Waals surface area contributed by atoms with Gasteiger partial charge in [0.1, 0.15) is 11.8 Å². The number of benzene rings is 1. The van der Waals surface area contributed by atoms with E-state index in [1.54, 1.807) is 16.4 Å². The highest BCUT2D eigenvalue weighted by atomic mass is 32.2. The molecule has 1 aliphatic heterocycles. The van der Waals surface area contributed by atoms with Gasteiger partial charge in [-0.2, -0.15) is 4.98 Å². The molecule has 1 unspecified atom stereocenters. The lowest BCUT2D eigenvalue weighted by Gasteiger charge is -2.28. The minimum absolute atomic E-state index is 0.0513. The summed E-state index contributed by atoms with van der Waals surface area (Å²) in [6.07, 6.45) is -0.169. The second-order valence-electron chi connectivity index (χ2n) is 7.35. The summed E-state index contributed by atoms with van der Waals surface area (Å²) in [5.41, 5.74) is 2.12. The summed E-state index contributed by atoms with van der Waals surface area (Å²) in [7, 11) is 0. The number of nitrogens with zero attached hydrogens (tertiary/aromatic N) is 3. The average molecular weight is 417 g/mol. The van der Waals surface area contributed by atoms with Gasteiger partial charge in [-0.3, -0.25) is 0 Å². The molecule has 1 N–H and O–H groups in total. The monoisotopic (exact) mass is 416 g/mol. The first-order valence-electron chi connectivity index (χ1n) is 9.84. The molecule has 1 aromatic heterocycles. The van der Waals surface area contributed by atoms with Crippen LogP contribution in [0.2, 0.25) is 0 Å². The lowest BCUT2D eigenvalue weighted by molar-refractivity contribution is -0.143. The molecular weight excluding hydrogens is 388 g/mol. The van der Waals surface area contributed by atoms with Crippen LogP contribution >= 0.6 is 11.8 Å². The van der Waals surface area contributed by atoms with Crippen molar-refractivity contribution in [1.82, 2.24) is 14.8 Å². The summed E-state index contributed by atoms with van der Waals surface area (Å²) in [5.74, 6) is 1.85. The standard InChI is InChI=1S/C21H28N4O3S/c1-7-29-21-23-20-22-14(6)17(19(26)28-13(4)5)18(25(20)24-21)15-9-8-10-16(11-15)27-12(2)3/h8-13,18H,7H2,1-6H3,(H,22,23,24). The molecule has 1 atom stereocenters. The zero-order valence-electron chi connectivity index (χ0n) is 17.7. The molecule has 0 fully saturated rings. The maximum absolute atomic E-state index is 13.0. The van der Waals surface area contributed by atoms with E-state index in [0.717, 1.165) is 17.1 Å². The highest BCUT2D eigenvalue weighted by Crippen LogP contribution is 2.37. The number of nitrogens with one attached hydrogen (secondary N) is 1. The number of hydrogen-bond donors (Lipinski definition) is 1. The Morgan fingerprint density at radius 2 is 2.03 bits per heavy atom. The molecule has 8 heteroatoms. The summed E-state index contributed by atoms with van der Waals surface area (Å²) < 4.78 is 13.2. The van der Waals surface area contributed by atoms with Crippen molar-refractivity contribution >= 4 is 23.7 Å². The van der Waals surface area contributed by atoms with Gasteiger partial charge < -0.3 is 14.8 Å². The van der Waals surface area contributed by atoms with E-state index < -0.39 is 6.04 Å². The number of ether oxygens (including phenoxy) is 2. The van der Waals surface area contributed by atoms with Crippen molar-refractivity contribution < 1.29 is 14.3 Å². The summed E-state index contributed by atoms with van der Waals surface area (Å²) >= 11 is 1.56. The number of aromatic nitrogens is 3. The van der Waals surface area contributed by atoms with Gasteiger partial charge in [0.25, 0.3) is 0 Å². The van der Waals surface area contributed by atoms with Crippen molar-refractivity contribution in [3.63, 3.8) is 0 Å². The maximum atomic E-state index is 13.0. The van der Waals surface area contributed by atoms with Crippen molar-refractivity contribution in [3.05, 3.63) is 41.1 Å². The molecule has 1 aliphatic rings. The van der Waals surface area contributed by atoms with Gasteiger partial charge in [-0.05, 0) is 58.1 Å². The van der Waals surface area contributed by atoms with E-state index in [4.69, 9.17) is 9.47 Å². The van der Waals surface area contributed by atoms with Crippen LogP contribution in [0.3, 0.4) is 0 Å². The van der Waals surface area contributed by atoms with E-state index in [1.165, 1.54) is 0 Å². The van der Waals surface area contributed by atoms with Crippen molar-refractivity contribution in [2.45, 2.75) is 64.9 Å². The molecule has 0 bridgehead atoms. The van der Waals surface area contributed by atoms with Crippen LogP contribution in [0.25, 0.3) is 0 Å². The van der Waals surface area contributed by atoms with Crippen LogP contribution in [0.15, 0.2) is 40.7 Å². The maximum Gasteiger partial charge on any atom is 0.338 e. The number of fused-ring (bicyclic) bond motifs is 1. The van der Waals surface area contributed by atoms with E-state index in [2.05, 4.69) is 22.3 Å². The Kier molecular flexibility index (Phi) is 6.52. The van der Waals surface area contributed by atoms with Gasteiger partial charge in [-0.1, -0.05) is 30.8 Å². The van der Waals surface area contributed by atoms with E-state index in [0.29, 0.717) is 22.4 Å². The Hall–Kier alpha value is -2.48. The second-order valence-corrected chi connectivity index (χ2v) is 8.59. The molecule has 7 nitrogen and oxygen atoms in total. The van der Waals surface area contributed by atoms with Gasteiger partial charge in [-0.25, -0.2) is 9.48 Å². The van der Waals surface area contributed by atoms with Crippen molar-refractivity contribution in [2.75, 3.05) is 11.1 Å². The molecule has 0 radical (unpaired) electrons. The zero-order valence-corrected chi connectivity index (χ0v) is 18.5. The molecule has 29 heavy (non-hydrogen) atoms. The molecule has 2 heterocycles. The minimum Gasteiger partial charge on any atom is -0.491 e. The van der Waals surface area contributed by atoms with Gasteiger partial charge in [0, 0.05) is 5.70 Å². The molecule has 0 aliphatic carbocycles. The quantitative estimate of drug-likeness (QED) is 0.529. The molecule has 156 valence electrons. The van der Waals surface area contributed by atoms with Crippen LogP contribution in [0.4, 0.5) is 5.95 Å². The van der Waals surface area contributed by atoms with Gasteiger partial charge >= 0.3 is 5.97 Å². The van der Waals surface area contributed by atoms with Crippen LogP contribution in [0.5, 0.6) is 5.75 Å². The van der Waals surface area contributed by atoms with Crippen molar-refractivity contribution in [3.8, 4) is 5.75 Å². The van der Waals surface area contributed by atoms with Crippen LogP contribution in [0, 0.1) is 0 Å². The Morgan fingerprint density at radius 1 is 1.28 bits per heavy atom. The number of hydrogen-bond acceptors (Lipinski definition) is 7. The summed E-state index contributed by atoms with van der Waals surface area (Å²) in [5, 5.41) is 8.54. The first kappa shape index (κ1) is 21.2. The number of esters is 1. The third-order valence-electron chi connectivity index (χ3n) is 4.21. The molecule has 0 spiro atoms. The van der Waals surface area contributed by atoms with Crippen LogP contribution < -0.4 is 10.1 Å². The molecule has 1 aromatic carbocycles. The van der Waals surface area contributed by atoms with Crippen LogP contribution in [-0.4, -0.2) is 38.7 Å². The second kappa shape index (κ2) is 8.90. The van der Waals surface area contributed by atoms with E-state index >= 15 is 0 Å². The third-order valence-corrected chi connectivity index (χ3v) is 4.93. The SMILES string of the molecule is CCSc1nc2n(n1)C(c1cccc(OC(C)C)c1)C(C(=O)OC(C)C)=C(C)N2. The van der Waals surface area contributed by atoms with Crippen LogP contribution in [-0.2, 0) is 9.53 Å². The molecular formula is C21H28N4O3S. The highest BCUT2D eigenvalue weighted by Gasteiger charge is 2.35. The van der Waals surface area contributed by atoms with Gasteiger partial charge in [0.15, 0.2) is 0 Å². The zero-order chi connectivity index (χ0) is 21.1. The Bertz CT molecular complexity index is 920. The summed E-state index contributed by atoms with van der Waals surface area (Å²) in [4.78, 5) is 17.6. The third kappa shape index (κ3) is 4.75. The minimum atomic E-state index is -0.452. The molecule has 3 rings (SSSR count). The van der Waals surface area contributed by atoms with Gasteiger partial charge in [0.2, 0.25) is 11.1 Å². The Labute approximate surface area is 175 Å². The fourth-order valence-corrected chi connectivity index (χ4v) is 3.76. The Balaban J connectivity index is 2.11. The molecule has 0 amide bonds. The topological polar surface area (TPSA) is 78.3 Å². The van der Waals surface area contributed by atoms with Crippen LogP contribution in [0.1, 0.15) is 53.1 Å². The first-order chi connectivity index (χ1) is 13.8. The summed E-state index contributed by atoms with van der Waals surface area (Å²) in [6, 6.07) is 7.30. The van der Waals surface area contributed by atoms with E-state index in [9.17, 15) is 4.79 Å². The van der Waals surface area contributed by atoms with E-state index in [1.807, 2.05) is 58.9 Å². The van der Waals surface area contributed by atoms with Crippen molar-refractivity contribution in [2.24, 2.45) is 0 Å². The predicted molar refractivity (Wildman–Crippen MR) is 114 cm³/mol. The smallest absolute Gasteiger partial charge is 0.338 e. The average Bonchev–Trinajstić information content (AvgIpc) is 3.01. The number of thioether (sulfide) groups is 1. The fraction of sp³-hybridized carbons (Fsp3) is 0.476. The van der Waals surface area contributed by atoms with Gasteiger partial charge in [-0.15, -0.1) is 5.10 Å². The number of carbonyl (C=O) groups excluding carboxylic acids is 1. The molecule has 2 aromatic rings. The van der Waals surface area contributed by atoms with Crippen molar-refractivity contribution in [1.29, 1.82) is 0 Å².